The van der Waals surface area contributed by atoms with Crippen molar-refractivity contribution in [3.05, 3.63) is 53.8 Å². The Balaban J connectivity index is 2.24. The molecule has 0 aliphatic heterocycles. The Kier molecular flexibility index (Phi) is 5.57. The smallest absolute Gasteiger partial charge is 0.253 e. The van der Waals surface area contributed by atoms with Crippen molar-refractivity contribution < 1.29 is 19.4 Å². The molecule has 2 aromatic carbocycles. The van der Waals surface area contributed by atoms with Crippen LogP contribution in [-0.4, -0.2) is 40.7 Å². The van der Waals surface area contributed by atoms with Gasteiger partial charge in [0.1, 0.15) is 11.6 Å². The molecule has 2 rings (SSSR count). The van der Waals surface area contributed by atoms with E-state index in [1.807, 2.05) is 13.8 Å². The van der Waals surface area contributed by atoms with Gasteiger partial charge in [0, 0.05) is 24.2 Å². The minimum atomic E-state index is -0.522. The number of phenolic OH excluding ortho intramolecular Hbond substituents is 1. The number of aromatic hydroxyl groups is 1. The fourth-order valence-electron chi connectivity index (χ4n) is 2.67. The summed E-state index contributed by atoms with van der Waals surface area (Å²) in [5.41, 5.74) is 1.45. The number of carbonyl (C=O) groups is 1. The third kappa shape index (κ3) is 3.74. The molecule has 0 bridgehead atoms. The van der Waals surface area contributed by atoms with Gasteiger partial charge in [0.25, 0.3) is 5.91 Å². The number of aliphatic hydroxyl groups is 1. The molecule has 128 valence electrons. The van der Waals surface area contributed by atoms with E-state index in [4.69, 9.17) is 0 Å². The number of amides is 1. The molecule has 0 saturated heterocycles. The average Bonchev–Trinajstić information content (AvgIpc) is 2.54. The zero-order valence-corrected chi connectivity index (χ0v) is 14.0. The zero-order chi connectivity index (χ0) is 17.9. The summed E-state index contributed by atoms with van der Waals surface area (Å²) in [6, 6.07) is 10.3. The Morgan fingerprint density at radius 2 is 1.79 bits per heavy atom. The summed E-state index contributed by atoms with van der Waals surface area (Å²) in [6.07, 6.45) is 0. The number of halogens is 1. The van der Waals surface area contributed by atoms with Gasteiger partial charge in [0.15, 0.2) is 0 Å². The summed E-state index contributed by atoms with van der Waals surface area (Å²) in [7, 11) is 1.66. The van der Waals surface area contributed by atoms with Gasteiger partial charge >= 0.3 is 0 Å². The van der Waals surface area contributed by atoms with E-state index in [0.717, 1.165) is 6.07 Å². The second-order valence-electron chi connectivity index (χ2n) is 6.15. The number of likely N-dealkylation sites (N-methyl/N-ethyl adjacent to an activating group) is 1. The van der Waals surface area contributed by atoms with E-state index in [0.29, 0.717) is 16.7 Å². The first-order valence-electron chi connectivity index (χ1n) is 7.82. The molecule has 0 unspecified atom stereocenters. The maximum absolute atomic E-state index is 13.9. The summed E-state index contributed by atoms with van der Waals surface area (Å²) in [5.74, 6) is -0.713. The van der Waals surface area contributed by atoms with Crippen LogP contribution in [-0.2, 0) is 0 Å². The largest absolute Gasteiger partial charge is 0.508 e. The lowest BCUT2D eigenvalue weighted by Gasteiger charge is -2.29. The monoisotopic (exact) mass is 331 g/mol. The summed E-state index contributed by atoms with van der Waals surface area (Å²) < 4.78 is 13.9. The minimum Gasteiger partial charge on any atom is -0.508 e. The van der Waals surface area contributed by atoms with Crippen molar-refractivity contribution in [2.45, 2.75) is 19.9 Å². The fourth-order valence-corrected chi connectivity index (χ4v) is 2.67. The van der Waals surface area contributed by atoms with Gasteiger partial charge in [-0.2, -0.15) is 0 Å². The third-order valence-electron chi connectivity index (χ3n) is 4.17. The van der Waals surface area contributed by atoms with Crippen LogP contribution >= 0.6 is 0 Å². The van der Waals surface area contributed by atoms with E-state index in [1.54, 1.807) is 31.3 Å². The average molecular weight is 331 g/mol. The van der Waals surface area contributed by atoms with Crippen molar-refractivity contribution in [1.29, 1.82) is 0 Å². The Labute approximate surface area is 141 Å². The quantitative estimate of drug-likeness (QED) is 0.884. The number of rotatable bonds is 5. The third-order valence-corrected chi connectivity index (χ3v) is 4.17. The summed E-state index contributed by atoms with van der Waals surface area (Å²) in [4.78, 5) is 14.0. The topological polar surface area (TPSA) is 60.8 Å². The SMILES string of the molecule is CC(C)[C@H](CO)N(C)C(=O)c1ccc(-c2ccc(O)cc2F)cc1. The standard InChI is InChI=1S/C19H22FNO3/c1-12(2)18(11-22)21(3)19(24)14-6-4-13(5-7-14)16-9-8-15(23)10-17(16)20/h4-10,12,18,22-23H,11H2,1-3H3/t18-/m0/s1. The van der Waals surface area contributed by atoms with Crippen LogP contribution in [0.3, 0.4) is 0 Å². The van der Waals surface area contributed by atoms with Crippen molar-refractivity contribution in [3.63, 3.8) is 0 Å². The van der Waals surface area contributed by atoms with E-state index in [-0.39, 0.29) is 30.2 Å². The van der Waals surface area contributed by atoms with Crippen molar-refractivity contribution in [3.8, 4) is 16.9 Å². The molecule has 0 spiro atoms. The van der Waals surface area contributed by atoms with E-state index in [9.17, 15) is 19.4 Å². The van der Waals surface area contributed by atoms with Crippen LogP contribution < -0.4 is 0 Å². The molecular formula is C19H22FNO3. The molecule has 0 radical (unpaired) electrons. The van der Waals surface area contributed by atoms with Crippen LogP contribution in [0.1, 0.15) is 24.2 Å². The van der Waals surface area contributed by atoms with Crippen LogP contribution in [0, 0.1) is 11.7 Å². The normalized spacial score (nSPS) is 12.2. The highest BCUT2D eigenvalue weighted by Gasteiger charge is 2.23. The van der Waals surface area contributed by atoms with Gasteiger partial charge in [0.05, 0.1) is 12.6 Å². The Morgan fingerprint density at radius 3 is 2.29 bits per heavy atom. The molecule has 0 fully saturated rings. The molecule has 1 atom stereocenters. The molecule has 2 aromatic rings. The summed E-state index contributed by atoms with van der Waals surface area (Å²) in [6.45, 7) is 3.79. The van der Waals surface area contributed by atoms with Crippen LogP contribution in [0.25, 0.3) is 11.1 Å². The molecule has 0 aliphatic carbocycles. The molecule has 5 heteroatoms. The Morgan fingerprint density at radius 1 is 1.17 bits per heavy atom. The van der Waals surface area contributed by atoms with E-state index < -0.39 is 5.82 Å². The Hall–Kier alpha value is -2.40. The first-order valence-corrected chi connectivity index (χ1v) is 7.82. The number of phenols is 1. The first-order chi connectivity index (χ1) is 11.3. The second-order valence-corrected chi connectivity index (χ2v) is 6.15. The molecule has 0 aromatic heterocycles. The van der Waals surface area contributed by atoms with Crippen LogP contribution in [0.4, 0.5) is 4.39 Å². The predicted octanol–water partition coefficient (Wildman–Crippen LogP) is 3.29. The van der Waals surface area contributed by atoms with Crippen molar-refractivity contribution in [2.24, 2.45) is 5.92 Å². The van der Waals surface area contributed by atoms with E-state index >= 15 is 0 Å². The second kappa shape index (κ2) is 7.45. The number of benzene rings is 2. The van der Waals surface area contributed by atoms with Gasteiger partial charge in [0.2, 0.25) is 0 Å². The minimum absolute atomic E-state index is 0.100. The molecule has 0 saturated carbocycles. The zero-order valence-electron chi connectivity index (χ0n) is 14.0. The van der Waals surface area contributed by atoms with Gasteiger partial charge < -0.3 is 15.1 Å². The van der Waals surface area contributed by atoms with E-state index in [2.05, 4.69) is 0 Å². The molecule has 2 N–H and O–H groups in total. The maximum Gasteiger partial charge on any atom is 0.253 e. The highest BCUT2D eigenvalue weighted by molar-refractivity contribution is 5.94. The van der Waals surface area contributed by atoms with Crippen molar-refractivity contribution in [2.75, 3.05) is 13.7 Å². The molecule has 4 nitrogen and oxygen atoms in total. The molecule has 1 amide bonds. The highest BCUT2D eigenvalue weighted by Crippen LogP contribution is 2.26. The maximum atomic E-state index is 13.9. The van der Waals surface area contributed by atoms with Gasteiger partial charge in [-0.3, -0.25) is 4.79 Å². The lowest BCUT2D eigenvalue weighted by molar-refractivity contribution is 0.0588. The first kappa shape index (κ1) is 17.9. The van der Waals surface area contributed by atoms with Crippen molar-refractivity contribution in [1.82, 2.24) is 4.90 Å². The molecule has 0 aliphatic rings. The number of hydrogen-bond acceptors (Lipinski definition) is 3. The summed E-state index contributed by atoms with van der Waals surface area (Å²) >= 11 is 0. The number of aliphatic hydroxyl groups excluding tert-OH is 1. The number of hydrogen-bond donors (Lipinski definition) is 2. The fraction of sp³-hybridized carbons (Fsp3) is 0.316. The predicted molar refractivity (Wildman–Crippen MR) is 91.3 cm³/mol. The summed E-state index contributed by atoms with van der Waals surface area (Å²) in [5, 5.41) is 18.7. The number of carbonyl (C=O) groups excluding carboxylic acids is 1. The van der Waals surface area contributed by atoms with Gasteiger partial charge in [-0.1, -0.05) is 26.0 Å². The molecule has 0 heterocycles. The molecule has 24 heavy (non-hydrogen) atoms. The lowest BCUT2D eigenvalue weighted by atomic mass is 10.0. The Bertz CT molecular complexity index is 713. The van der Waals surface area contributed by atoms with Crippen molar-refractivity contribution >= 4 is 5.91 Å². The van der Waals surface area contributed by atoms with Gasteiger partial charge in [-0.15, -0.1) is 0 Å². The van der Waals surface area contributed by atoms with Gasteiger partial charge in [-0.25, -0.2) is 4.39 Å². The lowest BCUT2D eigenvalue weighted by Crippen LogP contribution is -2.42. The van der Waals surface area contributed by atoms with Crippen LogP contribution in [0.15, 0.2) is 42.5 Å². The number of nitrogens with zero attached hydrogens (tertiary/aromatic N) is 1. The highest BCUT2D eigenvalue weighted by atomic mass is 19.1. The van der Waals surface area contributed by atoms with Crippen LogP contribution in [0.5, 0.6) is 5.75 Å². The van der Waals surface area contributed by atoms with E-state index in [1.165, 1.54) is 17.0 Å². The molecular weight excluding hydrogens is 309 g/mol. The van der Waals surface area contributed by atoms with Crippen LogP contribution in [0.2, 0.25) is 0 Å². The van der Waals surface area contributed by atoms with Gasteiger partial charge in [-0.05, 0) is 35.7 Å².